The fourth-order valence-corrected chi connectivity index (χ4v) is 3.06. The summed E-state index contributed by atoms with van der Waals surface area (Å²) in [7, 11) is 0. The number of carbonyl (C=O) groups excluding carboxylic acids is 1. The van der Waals surface area contributed by atoms with E-state index in [0.29, 0.717) is 5.89 Å². The van der Waals surface area contributed by atoms with E-state index < -0.39 is 12.1 Å². The second-order valence-electron chi connectivity index (χ2n) is 4.82. The molecule has 24 heavy (non-hydrogen) atoms. The molecule has 124 valence electrons. The summed E-state index contributed by atoms with van der Waals surface area (Å²) in [5.74, 6) is -0.132. The minimum atomic E-state index is -0.754. The highest BCUT2D eigenvalue weighted by molar-refractivity contribution is 7.13. The maximum absolute atomic E-state index is 12.3. The Morgan fingerprint density at radius 3 is 2.88 bits per heavy atom. The molecule has 1 atom stereocenters. The lowest BCUT2D eigenvalue weighted by Crippen LogP contribution is -2.12. The first-order chi connectivity index (χ1) is 11.5. The predicted octanol–water partition coefficient (Wildman–Crippen LogP) is 4.61. The van der Waals surface area contributed by atoms with Crippen LogP contribution in [0.5, 0.6) is 0 Å². The van der Waals surface area contributed by atoms with E-state index in [2.05, 4.69) is 10.2 Å². The smallest absolute Gasteiger partial charge is 0.341 e. The van der Waals surface area contributed by atoms with E-state index in [4.69, 9.17) is 38.1 Å². The van der Waals surface area contributed by atoms with E-state index in [1.807, 2.05) is 17.5 Å². The molecule has 0 amide bonds. The summed E-state index contributed by atoms with van der Waals surface area (Å²) < 4.78 is 10.8. The van der Waals surface area contributed by atoms with Gasteiger partial charge in [0.05, 0.1) is 21.2 Å². The van der Waals surface area contributed by atoms with Crippen LogP contribution in [-0.2, 0) is 4.74 Å². The Bertz CT molecular complexity index is 880. The van der Waals surface area contributed by atoms with Gasteiger partial charge < -0.3 is 14.9 Å². The van der Waals surface area contributed by atoms with Crippen LogP contribution in [0.4, 0.5) is 5.69 Å². The summed E-state index contributed by atoms with van der Waals surface area (Å²) >= 11 is 13.3. The summed E-state index contributed by atoms with van der Waals surface area (Å²) in [6.45, 7) is 1.62. The molecule has 0 aliphatic carbocycles. The van der Waals surface area contributed by atoms with Crippen molar-refractivity contribution in [1.82, 2.24) is 10.2 Å². The molecule has 0 bridgehead atoms. The first-order valence-electron chi connectivity index (χ1n) is 6.78. The summed E-state index contributed by atoms with van der Waals surface area (Å²) in [6.07, 6.45) is -0.754. The molecule has 0 fully saturated rings. The molecule has 3 aromatic rings. The number of thiophene rings is 1. The minimum absolute atomic E-state index is 0.0809. The number of benzene rings is 1. The van der Waals surface area contributed by atoms with Gasteiger partial charge in [-0.1, -0.05) is 29.3 Å². The number of anilines is 1. The maximum atomic E-state index is 12.3. The fraction of sp³-hybridized carbons (Fsp3) is 0.133. The fourth-order valence-electron chi connectivity index (χ4n) is 1.93. The Labute approximate surface area is 151 Å². The van der Waals surface area contributed by atoms with Crippen LogP contribution in [0.1, 0.15) is 29.3 Å². The summed E-state index contributed by atoms with van der Waals surface area (Å²) in [5, 5.41) is 10.2. The van der Waals surface area contributed by atoms with Crippen LogP contribution in [0.25, 0.3) is 10.8 Å². The zero-order valence-corrected chi connectivity index (χ0v) is 14.7. The number of ether oxygens (including phenoxy) is 1. The number of hydrogen-bond donors (Lipinski definition) is 1. The zero-order chi connectivity index (χ0) is 17.3. The SMILES string of the molecule is C[C@H](OC(=O)c1cc(Cl)cc(Cl)c1N)c1nnc(-c2cccs2)o1. The van der Waals surface area contributed by atoms with Gasteiger partial charge >= 0.3 is 5.97 Å². The number of halogens is 2. The molecule has 1 aromatic carbocycles. The van der Waals surface area contributed by atoms with Gasteiger partial charge in [0, 0.05) is 5.02 Å². The van der Waals surface area contributed by atoms with Gasteiger partial charge in [-0.15, -0.1) is 21.5 Å². The molecule has 0 radical (unpaired) electrons. The molecule has 0 aliphatic rings. The molecule has 0 unspecified atom stereocenters. The van der Waals surface area contributed by atoms with Crippen molar-refractivity contribution in [3.05, 3.63) is 51.1 Å². The maximum Gasteiger partial charge on any atom is 0.341 e. The first-order valence-corrected chi connectivity index (χ1v) is 8.42. The molecule has 2 N–H and O–H groups in total. The van der Waals surface area contributed by atoms with E-state index in [1.165, 1.54) is 23.5 Å². The van der Waals surface area contributed by atoms with Gasteiger partial charge in [-0.05, 0) is 30.5 Å². The summed E-state index contributed by atoms with van der Waals surface area (Å²) in [4.78, 5) is 13.1. The third kappa shape index (κ3) is 3.38. The number of carbonyl (C=O) groups is 1. The van der Waals surface area contributed by atoms with Crippen molar-refractivity contribution in [2.24, 2.45) is 0 Å². The molecule has 0 spiro atoms. The Hall–Kier alpha value is -2.09. The highest BCUT2D eigenvalue weighted by Crippen LogP contribution is 2.30. The van der Waals surface area contributed by atoms with Crippen molar-refractivity contribution in [2.75, 3.05) is 5.73 Å². The highest BCUT2D eigenvalue weighted by atomic mass is 35.5. The Kier molecular flexibility index (Phi) is 4.75. The van der Waals surface area contributed by atoms with Gasteiger partial charge in [0.1, 0.15) is 0 Å². The number of rotatable bonds is 4. The number of hydrogen-bond acceptors (Lipinski definition) is 7. The number of nitrogen functional groups attached to an aromatic ring is 1. The van der Waals surface area contributed by atoms with E-state index in [-0.39, 0.29) is 27.2 Å². The van der Waals surface area contributed by atoms with Gasteiger partial charge in [-0.2, -0.15) is 0 Å². The highest BCUT2D eigenvalue weighted by Gasteiger charge is 2.22. The number of aromatic nitrogens is 2. The van der Waals surface area contributed by atoms with Crippen LogP contribution in [0.15, 0.2) is 34.1 Å². The third-order valence-electron chi connectivity index (χ3n) is 3.12. The third-order valence-corrected chi connectivity index (χ3v) is 4.51. The standard InChI is InChI=1S/C15H11Cl2N3O3S/c1-7(13-19-20-14(23-13)11-3-2-4-24-11)22-15(21)9-5-8(16)6-10(17)12(9)18/h2-7H,18H2,1H3/t7-/m0/s1. The van der Waals surface area contributed by atoms with Crippen molar-refractivity contribution in [2.45, 2.75) is 13.0 Å². The van der Waals surface area contributed by atoms with Crippen molar-refractivity contribution in [3.63, 3.8) is 0 Å². The molecule has 0 saturated carbocycles. The second-order valence-corrected chi connectivity index (χ2v) is 6.61. The van der Waals surface area contributed by atoms with E-state index in [9.17, 15) is 4.79 Å². The largest absolute Gasteiger partial charge is 0.449 e. The predicted molar refractivity (Wildman–Crippen MR) is 92.3 cm³/mol. The Balaban J connectivity index is 1.78. The Morgan fingerprint density at radius 1 is 1.38 bits per heavy atom. The number of nitrogens with zero attached hydrogens (tertiary/aromatic N) is 2. The summed E-state index contributed by atoms with van der Waals surface area (Å²) in [6, 6.07) is 6.57. The molecular formula is C15H11Cl2N3O3S. The van der Waals surface area contributed by atoms with E-state index in [1.54, 1.807) is 6.92 Å². The molecule has 2 heterocycles. The Morgan fingerprint density at radius 2 is 2.17 bits per heavy atom. The van der Waals surface area contributed by atoms with E-state index >= 15 is 0 Å². The van der Waals surface area contributed by atoms with Crippen LogP contribution in [0.3, 0.4) is 0 Å². The quantitative estimate of drug-likeness (QED) is 0.522. The van der Waals surface area contributed by atoms with Gasteiger partial charge in [-0.25, -0.2) is 4.79 Å². The van der Waals surface area contributed by atoms with Crippen LogP contribution < -0.4 is 5.73 Å². The van der Waals surface area contributed by atoms with Crippen molar-refractivity contribution in [1.29, 1.82) is 0 Å². The molecule has 9 heteroatoms. The molecular weight excluding hydrogens is 373 g/mol. The number of esters is 1. The van der Waals surface area contributed by atoms with Gasteiger partial charge in [0.25, 0.3) is 11.8 Å². The molecule has 0 saturated heterocycles. The average Bonchev–Trinajstić information content (AvgIpc) is 3.20. The second kappa shape index (κ2) is 6.80. The lowest BCUT2D eigenvalue weighted by atomic mass is 10.2. The van der Waals surface area contributed by atoms with Crippen LogP contribution >= 0.6 is 34.5 Å². The molecule has 3 rings (SSSR count). The first kappa shape index (κ1) is 16.8. The normalized spacial score (nSPS) is 12.1. The van der Waals surface area contributed by atoms with Gasteiger partial charge in [0.2, 0.25) is 0 Å². The topological polar surface area (TPSA) is 91.2 Å². The van der Waals surface area contributed by atoms with Gasteiger partial charge in [0.15, 0.2) is 6.10 Å². The lowest BCUT2D eigenvalue weighted by Gasteiger charge is -2.11. The van der Waals surface area contributed by atoms with Crippen molar-refractivity contribution >= 4 is 46.2 Å². The molecule has 2 aromatic heterocycles. The zero-order valence-electron chi connectivity index (χ0n) is 12.3. The van der Waals surface area contributed by atoms with Crippen LogP contribution in [0, 0.1) is 0 Å². The average molecular weight is 384 g/mol. The minimum Gasteiger partial charge on any atom is -0.449 e. The lowest BCUT2D eigenvalue weighted by molar-refractivity contribution is 0.0281. The van der Waals surface area contributed by atoms with Crippen LogP contribution in [0.2, 0.25) is 10.0 Å². The van der Waals surface area contributed by atoms with Gasteiger partial charge in [-0.3, -0.25) is 0 Å². The van der Waals surface area contributed by atoms with Crippen molar-refractivity contribution < 1.29 is 13.9 Å². The monoisotopic (exact) mass is 383 g/mol. The summed E-state index contributed by atoms with van der Waals surface area (Å²) in [5.41, 5.74) is 5.97. The number of nitrogens with two attached hydrogens (primary N) is 1. The van der Waals surface area contributed by atoms with Crippen molar-refractivity contribution in [3.8, 4) is 10.8 Å². The van der Waals surface area contributed by atoms with E-state index in [0.717, 1.165) is 4.88 Å². The molecule has 0 aliphatic heterocycles. The molecule has 6 nitrogen and oxygen atoms in total. The van der Waals surface area contributed by atoms with Crippen LogP contribution in [-0.4, -0.2) is 16.2 Å².